The number of halogens is 3. The van der Waals surface area contributed by atoms with Gasteiger partial charge in [0.2, 0.25) is 0 Å². The lowest BCUT2D eigenvalue weighted by Gasteiger charge is -2.11. The average Bonchev–Trinajstić information content (AvgIpc) is 3.29. The van der Waals surface area contributed by atoms with E-state index in [1.807, 2.05) is 0 Å². The Kier molecular flexibility index (Phi) is 4.42. The molecule has 1 aromatic carbocycles. The maximum absolute atomic E-state index is 13.8. The molecule has 0 amide bonds. The third-order valence-corrected chi connectivity index (χ3v) is 4.18. The molecule has 0 radical (unpaired) electrons. The SMILES string of the molecule is Cn1cnc(-c2cc(-c3nnn(Cc4ccccc4)c3C(F)(F)F)ccn2)c1. The number of aryl methyl sites for hydroxylation is 1. The number of alkyl halides is 3. The summed E-state index contributed by atoms with van der Waals surface area (Å²) in [5.74, 6) is 0. The van der Waals surface area contributed by atoms with Gasteiger partial charge in [-0.15, -0.1) is 5.10 Å². The number of nitrogens with zero attached hydrogens (tertiary/aromatic N) is 6. The van der Waals surface area contributed by atoms with E-state index in [0.717, 1.165) is 4.68 Å². The van der Waals surface area contributed by atoms with Gasteiger partial charge in [-0.3, -0.25) is 4.98 Å². The number of hydrogen-bond acceptors (Lipinski definition) is 4. The van der Waals surface area contributed by atoms with Crippen LogP contribution >= 0.6 is 0 Å². The van der Waals surface area contributed by atoms with E-state index in [1.165, 1.54) is 18.3 Å². The Hall–Kier alpha value is -3.49. The molecule has 28 heavy (non-hydrogen) atoms. The van der Waals surface area contributed by atoms with Crippen molar-refractivity contribution < 1.29 is 13.2 Å². The van der Waals surface area contributed by atoms with Gasteiger partial charge in [0, 0.05) is 25.0 Å². The molecule has 0 unspecified atom stereocenters. The largest absolute Gasteiger partial charge is 0.435 e. The summed E-state index contributed by atoms with van der Waals surface area (Å²) in [6, 6.07) is 11.8. The highest BCUT2D eigenvalue weighted by atomic mass is 19.4. The van der Waals surface area contributed by atoms with Crippen LogP contribution in [-0.4, -0.2) is 29.5 Å². The summed E-state index contributed by atoms with van der Waals surface area (Å²) < 4.78 is 44.1. The summed E-state index contributed by atoms with van der Waals surface area (Å²) >= 11 is 0. The number of benzene rings is 1. The van der Waals surface area contributed by atoms with Crippen LogP contribution in [0, 0.1) is 0 Å². The maximum Gasteiger partial charge on any atom is 0.435 e. The lowest BCUT2D eigenvalue weighted by atomic mass is 10.1. The minimum absolute atomic E-state index is 0.0269. The molecule has 4 aromatic rings. The molecule has 0 spiro atoms. The van der Waals surface area contributed by atoms with Crippen LogP contribution in [0.5, 0.6) is 0 Å². The van der Waals surface area contributed by atoms with Crippen molar-refractivity contribution in [1.82, 2.24) is 29.5 Å². The van der Waals surface area contributed by atoms with Gasteiger partial charge < -0.3 is 4.57 Å². The second-order valence-electron chi connectivity index (χ2n) is 6.28. The molecule has 0 aliphatic rings. The van der Waals surface area contributed by atoms with E-state index in [2.05, 4.69) is 20.3 Å². The molecule has 3 heterocycles. The number of rotatable bonds is 4. The van der Waals surface area contributed by atoms with Gasteiger partial charge in [-0.25, -0.2) is 9.67 Å². The van der Waals surface area contributed by atoms with Gasteiger partial charge in [-0.1, -0.05) is 35.5 Å². The first-order chi connectivity index (χ1) is 13.4. The van der Waals surface area contributed by atoms with Crippen molar-refractivity contribution in [2.45, 2.75) is 12.7 Å². The minimum atomic E-state index is -4.61. The normalized spacial score (nSPS) is 11.7. The van der Waals surface area contributed by atoms with E-state index in [9.17, 15) is 13.2 Å². The van der Waals surface area contributed by atoms with Crippen molar-refractivity contribution in [1.29, 1.82) is 0 Å². The molecule has 142 valence electrons. The van der Waals surface area contributed by atoms with E-state index in [1.54, 1.807) is 54.5 Å². The number of imidazole rings is 1. The number of aromatic nitrogens is 6. The van der Waals surface area contributed by atoms with Crippen LogP contribution in [-0.2, 0) is 19.8 Å². The molecule has 9 heteroatoms. The van der Waals surface area contributed by atoms with E-state index >= 15 is 0 Å². The fourth-order valence-electron chi connectivity index (χ4n) is 2.92. The van der Waals surface area contributed by atoms with Crippen molar-refractivity contribution in [3.63, 3.8) is 0 Å². The van der Waals surface area contributed by atoms with E-state index in [4.69, 9.17) is 0 Å². The summed E-state index contributed by atoms with van der Waals surface area (Å²) in [4.78, 5) is 8.39. The quantitative estimate of drug-likeness (QED) is 0.537. The van der Waals surface area contributed by atoms with Gasteiger partial charge in [-0.05, 0) is 17.7 Å². The van der Waals surface area contributed by atoms with Crippen molar-refractivity contribution in [2.75, 3.05) is 0 Å². The molecule has 0 aliphatic heterocycles. The minimum Gasteiger partial charge on any atom is -0.340 e. The monoisotopic (exact) mass is 384 g/mol. The lowest BCUT2D eigenvalue weighted by molar-refractivity contribution is -0.143. The third kappa shape index (κ3) is 3.51. The molecule has 0 aliphatic carbocycles. The summed E-state index contributed by atoms with van der Waals surface area (Å²) in [5.41, 5.74) is 0.881. The Morgan fingerprint density at radius 1 is 1.00 bits per heavy atom. The van der Waals surface area contributed by atoms with E-state index in [-0.39, 0.29) is 17.8 Å². The van der Waals surface area contributed by atoms with Gasteiger partial charge >= 0.3 is 6.18 Å². The standard InChI is InChI=1S/C19H15F3N6/c1-27-11-16(24-12-27)15-9-14(7-8-23-15)17-18(19(20,21)22)28(26-25-17)10-13-5-3-2-4-6-13/h2-9,11-12H,10H2,1H3. The summed E-state index contributed by atoms with van der Waals surface area (Å²) in [6.45, 7) is -0.0269. The molecule has 0 fully saturated rings. The zero-order valence-electron chi connectivity index (χ0n) is 14.8. The molecule has 0 N–H and O–H groups in total. The Balaban J connectivity index is 1.78. The van der Waals surface area contributed by atoms with Crippen molar-refractivity contribution in [3.8, 4) is 22.6 Å². The van der Waals surface area contributed by atoms with Crippen molar-refractivity contribution in [2.24, 2.45) is 7.05 Å². The van der Waals surface area contributed by atoms with Crippen LogP contribution in [0.15, 0.2) is 61.2 Å². The van der Waals surface area contributed by atoms with Crippen LogP contribution in [0.3, 0.4) is 0 Å². The van der Waals surface area contributed by atoms with Crippen LogP contribution in [0.2, 0.25) is 0 Å². The molecule has 0 atom stereocenters. The highest BCUT2D eigenvalue weighted by Crippen LogP contribution is 2.36. The fourth-order valence-corrected chi connectivity index (χ4v) is 2.92. The topological polar surface area (TPSA) is 61.4 Å². The van der Waals surface area contributed by atoms with E-state index < -0.39 is 11.9 Å². The van der Waals surface area contributed by atoms with Crippen LogP contribution in [0.4, 0.5) is 13.2 Å². The number of hydrogen-bond donors (Lipinski definition) is 0. The van der Waals surface area contributed by atoms with Gasteiger partial charge in [0.05, 0.1) is 18.6 Å². The predicted octanol–water partition coefficient (Wildman–Crippen LogP) is 3.81. The van der Waals surface area contributed by atoms with Gasteiger partial charge in [0.25, 0.3) is 0 Å². The highest BCUT2D eigenvalue weighted by Gasteiger charge is 2.39. The van der Waals surface area contributed by atoms with Crippen molar-refractivity contribution >= 4 is 0 Å². The maximum atomic E-state index is 13.8. The van der Waals surface area contributed by atoms with Crippen LogP contribution in [0.25, 0.3) is 22.6 Å². The van der Waals surface area contributed by atoms with Crippen LogP contribution in [0.1, 0.15) is 11.3 Å². The van der Waals surface area contributed by atoms with E-state index in [0.29, 0.717) is 17.0 Å². The summed E-state index contributed by atoms with van der Waals surface area (Å²) in [6.07, 6.45) is 0.168. The Morgan fingerprint density at radius 3 is 2.46 bits per heavy atom. The first-order valence-corrected chi connectivity index (χ1v) is 8.41. The molecule has 3 aromatic heterocycles. The van der Waals surface area contributed by atoms with Gasteiger partial charge in [-0.2, -0.15) is 13.2 Å². The van der Waals surface area contributed by atoms with Gasteiger partial charge in [0.15, 0.2) is 5.69 Å². The Labute approximate surface area is 158 Å². The smallest absolute Gasteiger partial charge is 0.340 e. The molecular weight excluding hydrogens is 369 g/mol. The fraction of sp³-hybridized carbons (Fsp3) is 0.158. The number of pyridine rings is 1. The highest BCUT2D eigenvalue weighted by molar-refractivity contribution is 5.67. The van der Waals surface area contributed by atoms with Crippen LogP contribution < -0.4 is 0 Å². The first-order valence-electron chi connectivity index (χ1n) is 8.41. The molecule has 0 saturated carbocycles. The lowest BCUT2D eigenvalue weighted by Crippen LogP contribution is -2.16. The van der Waals surface area contributed by atoms with Gasteiger partial charge in [0.1, 0.15) is 11.4 Å². The third-order valence-electron chi connectivity index (χ3n) is 4.18. The Bertz CT molecular complexity index is 1100. The molecule has 0 bridgehead atoms. The zero-order chi connectivity index (χ0) is 19.7. The zero-order valence-corrected chi connectivity index (χ0v) is 14.8. The molecule has 0 saturated heterocycles. The Morgan fingerprint density at radius 2 is 1.79 bits per heavy atom. The average molecular weight is 384 g/mol. The molecule has 6 nitrogen and oxygen atoms in total. The summed E-state index contributed by atoms with van der Waals surface area (Å²) in [5, 5.41) is 7.60. The molecule has 4 rings (SSSR count). The first kappa shape index (κ1) is 17.9. The predicted molar refractivity (Wildman–Crippen MR) is 96.0 cm³/mol. The second kappa shape index (κ2) is 6.91. The molecular formula is C19H15F3N6. The van der Waals surface area contributed by atoms with Crippen molar-refractivity contribution in [3.05, 3.63) is 72.4 Å². The second-order valence-corrected chi connectivity index (χ2v) is 6.28. The summed E-state index contributed by atoms with van der Waals surface area (Å²) in [7, 11) is 1.80.